The number of aromatic nitrogens is 4. The lowest BCUT2D eigenvalue weighted by atomic mass is 10.1. The molecule has 2 aromatic carbocycles. The minimum atomic E-state index is -0.178. The van der Waals surface area contributed by atoms with E-state index < -0.39 is 0 Å². The molecule has 2 heterocycles. The van der Waals surface area contributed by atoms with E-state index in [1.165, 1.54) is 0 Å². The maximum atomic E-state index is 12.6. The van der Waals surface area contributed by atoms with Crippen LogP contribution in [0.3, 0.4) is 0 Å². The third kappa shape index (κ3) is 5.06. The molecule has 0 bridgehead atoms. The molecule has 0 atom stereocenters. The summed E-state index contributed by atoms with van der Waals surface area (Å²) in [5.74, 6) is -0.178. The number of halogens is 2. The first kappa shape index (κ1) is 21.3. The van der Waals surface area contributed by atoms with Gasteiger partial charge < -0.3 is 5.32 Å². The predicted molar refractivity (Wildman–Crippen MR) is 126 cm³/mol. The third-order valence-corrected chi connectivity index (χ3v) is 6.35. The highest BCUT2D eigenvalue weighted by Crippen LogP contribution is 2.21. The van der Waals surface area contributed by atoms with E-state index in [4.69, 9.17) is 11.6 Å². The molecular formula is C23H21BrClN5O. The van der Waals surface area contributed by atoms with Crippen LogP contribution in [0, 0.1) is 13.8 Å². The van der Waals surface area contributed by atoms with E-state index in [0.717, 1.165) is 27.0 Å². The second-order valence-corrected chi connectivity index (χ2v) is 8.58. The Labute approximate surface area is 194 Å². The first-order chi connectivity index (χ1) is 14.9. The van der Waals surface area contributed by atoms with Crippen LogP contribution in [-0.2, 0) is 13.1 Å². The Morgan fingerprint density at radius 3 is 2.55 bits per heavy atom. The number of rotatable bonds is 6. The number of hydrogen-bond acceptors (Lipinski definition) is 3. The Bertz CT molecular complexity index is 1230. The fraction of sp³-hybridized carbons (Fsp3) is 0.174. The zero-order valence-corrected chi connectivity index (χ0v) is 19.5. The summed E-state index contributed by atoms with van der Waals surface area (Å²) < 4.78 is 4.74. The number of nitrogens with zero attached hydrogens (tertiary/aromatic N) is 4. The Kier molecular flexibility index (Phi) is 6.25. The van der Waals surface area contributed by atoms with Crippen molar-refractivity contribution in [2.24, 2.45) is 0 Å². The molecule has 0 unspecified atom stereocenters. The normalized spacial score (nSPS) is 11.0. The number of carbonyl (C=O) groups is 1. The minimum absolute atomic E-state index is 0.178. The lowest BCUT2D eigenvalue weighted by Crippen LogP contribution is -2.12. The van der Waals surface area contributed by atoms with Crippen LogP contribution in [0.4, 0.5) is 5.69 Å². The molecule has 31 heavy (non-hydrogen) atoms. The maximum Gasteiger partial charge on any atom is 0.255 e. The molecule has 4 rings (SSSR count). The van der Waals surface area contributed by atoms with Crippen LogP contribution in [-0.4, -0.2) is 25.5 Å². The number of amides is 1. The van der Waals surface area contributed by atoms with Gasteiger partial charge in [-0.25, -0.2) is 0 Å². The minimum Gasteiger partial charge on any atom is -0.319 e. The maximum absolute atomic E-state index is 12.6. The summed E-state index contributed by atoms with van der Waals surface area (Å²) in [5.41, 5.74) is 5.38. The first-order valence-corrected chi connectivity index (χ1v) is 10.9. The van der Waals surface area contributed by atoms with Gasteiger partial charge in [-0.2, -0.15) is 10.2 Å². The molecule has 0 fully saturated rings. The van der Waals surface area contributed by atoms with E-state index in [-0.39, 0.29) is 5.91 Å². The number of nitrogens with one attached hydrogen (secondary N) is 1. The van der Waals surface area contributed by atoms with Gasteiger partial charge in [-0.05, 0) is 65.2 Å². The highest BCUT2D eigenvalue weighted by atomic mass is 79.9. The third-order valence-electron chi connectivity index (χ3n) is 4.97. The van der Waals surface area contributed by atoms with E-state index in [0.29, 0.717) is 29.4 Å². The Morgan fingerprint density at radius 1 is 1.10 bits per heavy atom. The molecule has 0 aliphatic rings. The van der Waals surface area contributed by atoms with Crippen LogP contribution in [0.25, 0.3) is 0 Å². The quantitative estimate of drug-likeness (QED) is 0.384. The zero-order chi connectivity index (χ0) is 22.0. The van der Waals surface area contributed by atoms with E-state index in [9.17, 15) is 4.79 Å². The summed E-state index contributed by atoms with van der Waals surface area (Å²) in [5, 5.41) is 12.4. The van der Waals surface area contributed by atoms with Gasteiger partial charge in [0.25, 0.3) is 5.91 Å². The van der Waals surface area contributed by atoms with Gasteiger partial charge in [0.1, 0.15) is 0 Å². The van der Waals surface area contributed by atoms with Gasteiger partial charge in [0.15, 0.2) is 0 Å². The fourth-order valence-electron chi connectivity index (χ4n) is 3.30. The van der Waals surface area contributed by atoms with Crippen molar-refractivity contribution < 1.29 is 4.79 Å². The van der Waals surface area contributed by atoms with Gasteiger partial charge in [0.2, 0.25) is 0 Å². The van der Waals surface area contributed by atoms with Crippen molar-refractivity contribution in [2.75, 3.05) is 5.32 Å². The van der Waals surface area contributed by atoms with Crippen LogP contribution >= 0.6 is 27.5 Å². The summed E-state index contributed by atoms with van der Waals surface area (Å²) >= 11 is 9.58. The number of aryl methyl sites for hydroxylation is 1. The molecule has 1 N–H and O–H groups in total. The Balaban J connectivity index is 1.38. The van der Waals surface area contributed by atoms with Crippen molar-refractivity contribution in [1.29, 1.82) is 0 Å². The molecule has 0 saturated carbocycles. The van der Waals surface area contributed by atoms with Crippen molar-refractivity contribution in [1.82, 2.24) is 19.6 Å². The fourth-order valence-corrected chi connectivity index (χ4v) is 3.80. The van der Waals surface area contributed by atoms with E-state index in [1.807, 2.05) is 67.1 Å². The number of anilines is 1. The van der Waals surface area contributed by atoms with Gasteiger partial charge >= 0.3 is 0 Å². The molecular weight excluding hydrogens is 478 g/mol. The van der Waals surface area contributed by atoms with Gasteiger partial charge in [-0.3, -0.25) is 14.2 Å². The lowest BCUT2D eigenvalue weighted by Gasteiger charge is -2.07. The molecule has 8 heteroatoms. The number of benzene rings is 2. The average molecular weight is 499 g/mol. The number of carbonyl (C=O) groups excluding carboxylic acids is 1. The van der Waals surface area contributed by atoms with Crippen molar-refractivity contribution in [3.63, 3.8) is 0 Å². The van der Waals surface area contributed by atoms with Crippen molar-refractivity contribution in [2.45, 2.75) is 26.9 Å². The van der Waals surface area contributed by atoms with Crippen molar-refractivity contribution >= 4 is 39.1 Å². The highest BCUT2D eigenvalue weighted by molar-refractivity contribution is 9.10. The zero-order valence-electron chi connectivity index (χ0n) is 17.1. The summed E-state index contributed by atoms with van der Waals surface area (Å²) in [6, 6.07) is 15.2. The smallest absolute Gasteiger partial charge is 0.255 e. The van der Waals surface area contributed by atoms with Crippen LogP contribution in [0.1, 0.15) is 32.9 Å². The van der Waals surface area contributed by atoms with Crippen molar-refractivity contribution in [3.8, 4) is 0 Å². The monoisotopic (exact) mass is 497 g/mol. The number of hydrogen-bond donors (Lipinski definition) is 1. The largest absolute Gasteiger partial charge is 0.319 e. The molecule has 4 aromatic rings. The molecule has 1 amide bonds. The van der Waals surface area contributed by atoms with Gasteiger partial charge in [0.05, 0.1) is 40.8 Å². The molecule has 6 nitrogen and oxygen atoms in total. The summed E-state index contributed by atoms with van der Waals surface area (Å²) in [4.78, 5) is 12.6. The Hall–Kier alpha value is -2.90. The van der Waals surface area contributed by atoms with E-state index >= 15 is 0 Å². The second-order valence-electron chi connectivity index (χ2n) is 7.35. The molecule has 0 spiro atoms. The summed E-state index contributed by atoms with van der Waals surface area (Å²) in [6.07, 6.45) is 3.44. The lowest BCUT2D eigenvalue weighted by molar-refractivity contribution is 0.102. The highest BCUT2D eigenvalue weighted by Gasteiger charge is 2.11. The summed E-state index contributed by atoms with van der Waals surface area (Å²) in [7, 11) is 0. The van der Waals surface area contributed by atoms with Gasteiger partial charge in [0, 0.05) is 16.8 Å². The molecule has 158 valence electrons. The first-order valence-electron chi connectivity index (χ1n) is 9.76. The summed E-state index contributed by atoms with van der Waals surface area (Å²) in [6.45, 7) is 5.22. The van der Waals surface area contributed by atoms with Crippen molar-refractivity contribution in [3.05, 3.63) is 98.5 Å². The van der Waals surface area contributed by atoms with Crippen LogP contribution in [0.2, 0.25) is 5.02 Å². The standard InChI is InChI=1S/C23H21BrClN5O/c1-15-22(24)16(2)30(28-15)13-17-6-8-19(9-7-17)23(31)27-21-11-26-29(14-21)12-18-4-3-5-20(25)10-18/h3-11,14H,12-13H2,1-2H3,(H,27,31). The molecule has 2 aromatic heterocycles. The predicted octanol–water partition coefficient (Wildman–Crippen LogP) is 5.46. The molecule has 0 aliphatic carbocycles. The second kappa shape index (κ2) is 9.08. The van der Waals surface area contributed by atoms with Gasteiger partial charge in [-0.15, -0.1) is 0 Å². The van der Waals surface area contributed by atoms with E-state index in [2.05, 4.69) is 31.4 Å². The molecule has 0 saturated heterocycles. The Morgan fingerprint density at radius 2 is 1.87 bits per heavy atom. The van der Waals surface area contributed by atoms with Crippen LogP contribution < -0.4 is 5.32 Å². The average Bonchev–Trinajstić information content (AvgIpc) is 3.28. The van der Waals surface area contributed by atoms with E-state index in [1.54, 1.807) is 17.1 Å². The van der Waals surface area contributed by atoms with Crippen LogP contribution in [0.15, 0.2) is 65.4 Å². The van der Waals surface area contributed by atoms with Crippen LogP contribution in [0.5, 0.6) is 0 Å². The topological polar surface area (TPSA) is 64.7 Å². The SMILES string of the molecule is Cc1nn(Cc2ccc(C(=O)Nc3cnn(Cc4cccc(Cl)c4)c3)cc2)c(C)c1Br. The molecule has 0 radical (unpaired) electrons. The van der Waals surface area contributed by atoms with Gasteiger partial charge in [-0.1, -0.05) is 35.9 Å². The molecule has 0 aliphatic heterocycles.